The number of piperidine rings is 1. The van der Waals surface area contributed by atoms with Gasteiger partial charge in [0.1, 0.15) is 0 Å². The molecule has 0 aromatic heterocycles. The van der Waals surface area contributed by atoms with Gasteiger partial charge >= 0.3 is 0 Å². The summed E-state index contributed by atoms with van der Waals surface area (Å²) in [6, 6.07) is 0.331. The van der Waals surface area contributed by atoms with Crippen LogP contribution in [0.25, 0.3) is 0 Å². The Kier molecular flexibility index (Phi) is 4.20. The maximum atomic E-state index is 5.86. The first kappa shape index (κ1) is 11.0. The molecule has 0 spiro atoms. The summed E-state index contributed by atoms with van der Waals surface area (Å²) in [7, 11) is 0. The van der Waals surface area contributed by atoms with E-state index in [2.05, 4.69) is 25.7 Å². The Morgan fingerprint density at radius 2 is 2.15 bits per heavy atom. The zero-order valence-corrected chi connectivity index (χ0v) is 9.29. The van der Waals surface area contributed by atoms with Crippen molar-refractivity contribution in [3.05, 3.63) is 0 Å². The Morgan fingerprint density at radius 3 is 2.69 bits per heavy atom. The Bertz CT molecular complexity index is 145. The van der Waals surface area contributed by atoms with Gasteiger partial charge in [0.25, 0.3) is 0 Å². The maximum absolute atomic E-state index is 5.86. The van der Waals surface area contributed by atoms with E-state index < -0.39 is 0 Å². The van der Waals surface area contributed by atoms with Gasteiger partial charge in [0.05, 0.1) is 0 Å². The van der Waals surface area contributed by atoms with Crippen LogP contribution in [-0.4, -0.2) is 30.6 Å². The summed E-state index contributed by atoms with van der Waals surface area (Å²) in [5.74, 6) is 1.51. The first-order chi connectivity index (χ1) is 6.09. The van der Waals surface area contributed by atoms with Crippen LogP contribution in [0.2, 0.25) is 0 Å². The molecule has 1 heterocycles. The molecule has 3 atom stereocenters. The van der Waals surface area contributed by atoms with Crippen LogP contribution in [0.15, 0.2) is 0 Å². The minimum absolute atomic E-state index is 0.331. The summed E-state index contributed by atoms with van der Waals surface area (Å²) in [4.78, 5) is 2.57. The second-order valence-corrected chi connectivity index (χ2v) is 4.84. The molecule has 13 heavy (non-hydrogen) atoms. The van der Waals surface area contributed by atoms with E-state index in [1.165, 1.54) is 32.5 Å². The highest BCUT2D eigenvalue weighted by atomic mass is 15.1. The van der Waals surface area contributed by atoms with Gasteiger partial charge in [-0.25, -0.2) is 0 Å². The molecule has 2 heteroatoms. The molecule has 0 aromatic carbocycles. The highest BCUT2D eigenvalue weighted by Crippen LogP contribution is 2.16. The lowest BCUT2D eigenvalue weighted by Crippen LogP contribution is -2.41. The summed E-state index contributed by atoms with van der Waals surface area (Å²) in [5, 5.41) is 0. The molecular formula is C11H24N2. The first-order valence-corrected chi connectivity index (χ1v) is 5.57. The molecule has 1 saturated heterocycles. The minimum Gasteiger partial charge on any atom is -0.328 e. The zero-order chi connectivity index (χ0) is 9.84. The van der Waals surface area contributed by atoms with Gasteiger partial charge in [-0.3, -0.25) is 0 Å². The molecule has 1 fully saturated rings. The van der Waals surface area contributed by atoms with E-state index in [4.69, 9.17) is 5.73 Å². The summed E-state index contributed by atoms with van der Waals surface area (Å²) >= 11 is 0. The van der Waals surface area contributed by atoms with E-state index in [-0.39, 0.29) is 0 Å². The lowest BCUT2D eigenvalue weighted by molar-refractivity contribution is 0.157. The van der Waals surface area contributed by atoms with Crippen LogP contribution in [0.4, 0.5) is 0 Å². The van der Waals surface area contributed by atoms with Gasteiger partial charge < -0.3 is 10.6 Å². The second kappa shape index (κ2) is 4.97. The van der Waals surface area contributed by atoms with E-state index in [0.29, 0.717) is 12.0 Å². The van der Waals surface area contributed by atoms with Crippen LogP contribution in [0.3, 0.4) is 0 Å². The monoisotopic (exact) mass is 184 g/mol. The molecule has 2 N–H and O–H groups in total. The van der Waals surface area contributed by atoms with Gasteiger partial charge in [0.15, 0.2) is 0 Å². The Labute approximate surface area is 82.5 Å². The largest absolute Gasteiger partial charge is 0.328 e. The van der Waals surface area contributed by atoms with Gasteiger partial charge in [-0.2, -0.15) is 0 Å². The summed E-state index contributed by atoms with van der Waals surface area (Å²) < 4.78 is 0. The minimum atomic E-state index is 0.331. The molecule has 0 saturated carbocycles. The van der Waals surface area contributed by atoms with Crippen LogP contribution in [0.1, 0.15) is 33.6 Å². The van der Waals surface area contributed by atoms with E-state index in [1.54, 1.807) is 0 Å². The summed E-state index contributed by atoms with van der Waals surface area (Å²) in [5.41, 5.74) is 5.86. The molecule has 0 aliphatic carbocycles. The van der Waals surface area contributed by atoms with E-state index >= 15 is 0 Å². The molecule has 0 radical (unpaired) electrons. The molecule has 1 aliphatic rings. The van der Waals surface area contributed by atoms with Crippen molar-refractivity contribution in [3.8, 4) is 0 Å². The zero-order valence-electron chi connectivity index (χ0n) is 9.29. The van der Waals surface area contributed by atoms with Crippen molar-refractivity contribution >= 4 is 0 Å². The van der Waals surface area contributed by atoms with Crippen LogP contribution in [-0.2, 0) is 0 Å². The lowest BCUT2D eigenvalue weighted by Gasteiger charge is -2.33. The summed E-state index contributed by atoms with van der Waals surface area (Å²) in [6.07, 6.45) is 2.77. The van der Waals surface area contributed by atoms with Gasteiger partial charge in [0.2, 0.25) is 0 Å². The van der Waals surface area contributed by atoms with Crippen LogP contribution < -0.4 is 5.73 Å². The quantitative estimate of drug-likeness (QED) is 0.723. The van der Waals surface area contributed by atoms with Crippen molar-refractivity contribution in [1.29, 1.82) is 0 Å². The molecule has 0 amide bonds. The van der Waals surface area contributed by atoms with Crippen LogP contribution in [0.5, 0.6) is 0 Å². The fourth-order valence-electron chi connectivity index (χ4n) is 2.03. The topological polar surface area (TPSA) is 29.3 Å². The Balaban J connectivity index is 2.27. The third-order valence-electron chi connectivity index (χ3n) is 3.18. The van der Waals surface area contributed by atoms with Crippen LogP contribution in [0, 0.1) is 11.8 Å². The van der Waals surface area contributed by atoms with E-state index in [9.17, 15) is 0 Å². The normalized spacial score (nSPS) is 30.0. The predicted molar refractivity (Wildman–Crippen MR) is 57.7 cm³/mol. The highest BCUT2D eigenvalue weighted by molar-refractivity contribution is 4.74. The Hall–Kier alpha value is -0.0800. The standard InChI is InChI=1S/C11H24N2/c1-9-5-4-6-13(7-9)8-10(2)11(3)12/h9-11H,4-8,12H2,1-3H3. The van der Waals surface area contributed by atoms with Crippen molar-refractivity contribution < 1.29 is 0 Å². The number of nitrogens with zero attached hydrogens (tertiary/aromatic N) is 1. The van der Waals surface area contributed by atoms with Crippen molar-refractivity contribution in [2.24, 2.45) is 17.6 Å². The van der Waals surface area contributed by atoms with Gasteiger partial charge in [-0.05, 0) is 38.1 Å². The number of rotatable bonds is 3. The molecular weight excluding hydrogens is 160 g/mol. The fourth-order valence-corrected chi connectivity index (χ4v) is 2.03. The highest BCUT2D eigenvalue weighted by Gasteiger charge is 2.19. The molecule has 1 aliphatic heterocycles. The van der Waals surface area contributed by atoms with E-state index in [1.807, 2.05) is 0 Å². The van der Waals surface area contributed by atoms with Crippen molar-refractivity contribution in [2.45, 2.75) is 39.7 Å². The number of nitrogens with two attached hydrogens (primary N) is 1. The molecule has 78 valence electrons. The van der Waals surface area contributed by atoms with Gasteiger partial charge in [-0.1, -0.05) is 13.8 Å². The molecule has 0 bridgehead atoms. The third-order valence-corrected chi connectivity index (χ3v) is 3.18. The molecule has 3 unspecified atom stereocenters. The van der Waals surface area contributed by atoms with E-state index in [0.717, 1.165) is 5.92 Å². The number of hydrogen-bond acceptors (Lipinski definition) is 2. The first-order valence-electron chi connectivity index (χ1n) is 5.57. The lowest BCUT2D eigenvalue weighted by atomic mass is 9.97. The maximum Gasteiger partial charge on any atom is 0.00483 e. The molecule has 0 aromatic rings. The van der Waals surface area contributed by atoms with Crippen molar-refractivity contribution in [3.63, 3.8) is 0 Å². The smallest absolute Gasteiger partial charge is 0.00483 e. The second-order valence-electron chi connectivity index (χ2n) is 4.84. The Morgan fingerprint density at radius 1 is 1.46 bits per heavy atom. The molecule has 2 nitrogen and oxygen atoms in total. The number of likely N-dealkylation sites (tertiary alicyclic amines) is 1. The SMILES string of the molecule is CC1CCCN(CC(C)C(C)N)C1. The van der Waals surface area contributed by atoms with Crippen LogP contribution >= 0.6 is 0 Å². The third kappa shape index (κ3) is 3.65. The van der Waals surface area contributed by atoms with Crippen molar-refractivity contribution in [2.75, 3.05) is 19.6 Å². The van der Waals surface area contributed by atoms with Gasteiger partial charge in [0, 0.05) is 19.1 Å². The average molecular weight is 184 g/mol. The fraction of sp³-hybridized carbons (Fsp3) is 1.00. The molecule has 1 rings (SSSR count). The average Bonchev–Trinajstić information content (AvgIpc) is 2.04. The van der Waals surface area contributed by atoms with Gasteiger partial charge in [-0.15, -0.1) is 0 Å². The number of hydrogen-bond donors (Lipinski definition) is 1. The predicted octanol–water partition coefficient (Wildman–Crippen LogP) is 1.70. The van der Waals surface area contributed by atoms with Crippen molar-refractivity contribution in [1.82, 2.24) is 4.90 Å². The summed E-state index contributed by atoms with van der Waals surface area (Å²) in [6.45, 7) is 10.4.